The second-order valence-electron chi connectivity index (χ2n) is 5.46. The summed E-state index contributed by atoms with van der Waals surface area (Å²) in [6.07, 6.45) is 0. The zero-order chi connectivity index (χ0) is 16.1. The van der Waals surface area contributed by atoms with Gasteiger partial charge in [0.25, 0.3) is 0 Å². The van der Waals surface area contributed by atoms with Crippen molar-refractivity contribution in [1.82, 2.24) is 10.2 Å². The smallest absolute Gasteiger partial charge is 0.234 e. The Morgan fingerprint density at radius 2 is 2.00 bits per heavy atom. The Kier molecular flexibility index (Phi) is 5.38. The number of ether oxygens (including phenoxy) is 1. The molecule has 1 aliphatic rings. The van der Waals surface area contributed by atoms with Crippen LogP contribution in [0.4, 0.5) is 4.39 Å². The molecule has 1 aromatic carbocycles. The quantitative estimate of drug-likeness (QED) is 0.913. The van der Waals surface area contributed by atoms with E-state index < -0.39 is 0 Å². The van der Waals surface area contributed by atoms with E-state index in [1.165, 1.54) is 12.1 Å². The van der Waals surface area contributed by atoms with E-state index in [1.807, 2.05) is 17.5 Å². The number of hydrogen-bond acceptors (Lipinski definition) is 4. The molecule has 23 heavy (non-hydrogen) atoms. The van der Waals surface area contributed by atoms with Crippen LogP contribution in [0.3, 0.4) is 0 Å². The number of nitrogens with zero attached hydrogens (tertiary/aromatic N) is 1. The van der Waals surface area contributed by atoms with Crippen molar-refractivity contribution in [1.29, 1.82) is 0 Å². The summed E-state index contributed by atoms with van der Waals surface area (Å²) in [6, 6.07) is 9.96. The minimum Gasteiger partial charge on any atom is -0.379 e. The van der Waals surface area contributed by atoms with Crippen molar-refractivity contribution in [3.8, 4) is 0 Å². The Hall–Kier alpha value is -1.76. The van der Waals surface area contributed by atoms with Crippen molar-refractivity contribution < 1.29 is 13.9 Å². The molecule has 0 bridgehead atoms. The average Bonchev–Trinajstić information content (AvgIpc) is 3.09. The molecule has 1 saturated heterocycles. The molecule has 4 nitrogen and oxygen atoms in total. The van der Waals surface area contributed by atoms with Gasteiger partial charge in [-0.15, -0.1) is 11.3 Å². The van der Waals surface area contributed by atoms with E-state index in [4.69, 9.17) is 4.74 Å². The van der Waals surface area contributed by atoms with E-state index in [1.54, 1.807) is 23.5 Å². The van der Waals surface area contributed by atoms with Gasteiger partial charge < -0.3 is 10.1 Å². The van der Waals surface area contributed by atoms with Gasteiger partial charge in [0.05, 0.1) is 25.8 Å². The van der Waals surface area contributed by atoms with Gasteiger partial charge in [-0.25, -0.2) is 4.39 Å². The topological polar surface area (TPSA) is 41.6 Å². The van der Waals surface area contributed by atoms with Gasteiger partial charge in [-0.05, 0) is 29.1 Å². The van der Waals surface area contributed by atoms with Crippen molar-refractivity contribution in [3.63, 3.8) is 0 Å². The van der Waals surface area contributed by atoms with Crippen LogP contribution in [0.1, 0.15) is 16.5 Å². The van der Waals surface area contributed by atoms with Crippen LogP contribution in [-0.4, -0.2) is 43.7 Å². The van der Waals surface area contributed by atoms with Crippen LogP contribution in [0, 0.1) is 5.82 Å². The molecule has 0 aliphatic carbocycles. The lowest BCUT2D eigenvalue weighted by Gasteiger charge is -2.27. The molecule has 1 amide bonds. The van der Waals surface area contributed by atoms with Gasteiger partial charge in [0, 0.05) is 18.0 Å². The summed E-state index contributed by atoms with van der Waals surface area (Å²) < 4.78 is 18.5. The number of rotatable bonds is 5. The van der Waals surface area contributed by atoms with Gasteiger partial charge in [-0.2, -0.15) is 0 Å². The molecule has 2 heterocycles. The lowest BCUT2D eigenvalue weighted by Crippen LogP contribution is -2.44. The van der Waals surface area contributed by atoms with Gasteiger partial charge in [0.2, 0.25) is 5.91 Å². The number of hydrogen-bond donors (Lipinski definition) is 1. The molecule has 6 heteroatoms. The van der Waals surface area contributed by atoms with Gasteiger partial charge >= 0.3 is 0 Å². The maximum Gasteiger partial charge on any atom is 0.234 e. The average molecular weight is 334 g/mol. The summed E-state index contributed by atoms with van der Waals surface area (Å²) in [6.45, 7) is 3.23. The van der Waals surface area contributed by atoms with E-state index in [0.29, 0.717) is 19.8 Å². The molecule has 1 atom stereocenters. The maximum absolute atomic E-state index is 13.2. The van der Waals surface area contributed by atoms with Crippen molar-refractivity contribution in [2.24, 2.45) is 0 Å². The second-order valence-corrected chi connectivity index (χ2v) is 6.44. The Labute approximate surface area is 138 Å². The van der Waals surface area contributed by atoms with E-state index in [2.05, 4.69) is 10.2 Å². The number of carbonyl (C=O) groups excluding carboxylic acids is 1. The van der Waals surface area contributed by atoms with Crippen LogP contribution >= 0.6 is 11.3 Å². The summed E-state index contributed by atoms with van der Waals surface area (Å²) in [4.78, 5) is 15.5. The summed E-state index contributed by atoms with van der Waals surface area (Å²) in [5.74, 6) is -0.312. The SMILES string of the molecule is O=C(CN1CCOCC1)N[C@H](c1ccc(F)cc1)c1cccs1. The maximum atomic E-state index is 13.2. The van der Waals surface area contributed by atoms with Gasteiger partial charge in [-0.3, -0.25) is 9.69 Å². The number of amides is 1. The monoisotopic (exact) mass is 334 g/mol. The molecule has 1 aromatic heterocycles. The lowest BCUT2D eigenvalue weighted by molar-refractivity contribution is -0.123. The van der Waals surface area contributed by atoms with Crippen LogP contribution in [0.25, 0.3) is 0 Å². The van der Waals surface area contributed by atoms with Crippen LogP contribution < -0.4 is 5.32 Å². The first-order valence-electron chi connectivity index (χ1n) is 7.61. The second kappa shape index (κ2) is 7.68. The Bertz CT molecular complexity index is 625. The standard InChI is InChI=1S/C17H19FN2O2S/c18-14-5-3-13(4-6-14)17(15-2-1-11-23-15)19-16(21)12-20-7-9-22-10-8-20/h1-6,11,17H,7-10,12H2,(H,19,21)/t17-/m1/s1. The molecule has 122 valence electrons. The highest BCUT2D eigenvalue weighted by Gasteiger charge is 2.20. The van der Waals surface area contributed by atoms with E-state index in [0.717, 1.165) is 23.5 Å². The van der Waals surface area contributed by atoms with Crippen molar-refractivity contribution >= 4 is 17.2 Å². The predicted molar refractivity (Wildman–Crippen MR) is 88.0 cm³/mol. The molecule has 2 aromatic rings. The van der Waals surface area contributed by atoms with Crippen LogP contribution in [0.15, 0.2) is 41.8 Å². The Morgan fingerprint density at radius 3 is 2.65 bits per heavy atom. The summed E-state index contributed by atoms with van der Waals surface area (Å²) in [7, 11) is 0. The Balaban J connectivity index is 1.71. The highest BCUT2D eigenvalue weighted by molar-refractivity contribution is 7.10. The molecule has 3 rings (SSSR count). The fourth-order valence-electron chi connectivity index (χ4n) is 2.60. The third kappa shape index (κ3) is 4.37. The third-order valence-corrected chi connectivity index (χ3v) is 4.74. The van der Waals surface area contributed by atoms with Crippen LogP contribution in [-0.2, 0) is 9.53 Å². The predicted octanol–water partition coefficient (Wildman–Crippen LogP) is 2.43. The molecule has 1 fully saturated rings. The van der Waals surface area contributed by atoms with Gasteiger partial charge in [-0.1, -0.05) is 18.2 Å². The third-order valence-electron chi connectivity index (χ3n) is 3.81. The Morgan fingerprint density at radius 1 is 1.26 bits per heavy atom. The number of halogens is 1. The minimum absolute atomic E-state index is 0.0328. The number of benzene rings is 1. The van der Waals surface area contributed by atoms with E-state index in [-0.39, 0.29) is 17.8 Å². The number of carbonyl (C=O) groups is 1. The highest BCUT2D eigenvalue weighted by Crippen LogP contribution is 2.26. The number of nitrogens with one attached hydrogen (secondary N) is 1. The van der Waals surface area contributed by atoms with Crippen LogP contribution in [0.2, 0.25) is 0 Å². The summed E-state index contributed by atoms with van der Waals surface area (Å²) >= 11 is 1.58. The largest absolute Gasteiger partial charge is 0.379 e. The van der Waals surface area contributed by atoms with Gasteiger partial charge in [0.1, 0.15) is 5.82 Å². The normalized spacial score (nSPS) is 16.9. The molecule has 1 N–H and O–H groups in total. The van der Waals surface area contributed by atoms with E-state index >= 15 is 0 Å². The van der Waals surface area contributed by atoms with Crippen molar-refractivity contribution in [3.05, 3.63) is 58.0 Å². The number of thiophene rings is 1. The fraction of sp³-hybridized carbons (Fsp3) is 0.353. The zero-order valence-corrected chi connectivity index (χ0v) is 13.5. The molecule has 0 saturated carbocycles. The molecule has 0 spiro atoms. The van der Waals surface area contributed by atoms with Crippen molar-refractivity contribution in [2.75, 3.05) is 32.8 Å². The molecular weight excluding hydrogens is 315 g/mol. The first kappa shape index (κ1) is 16.1. The molecule has 1 aliphatic heterocycles. The molecule has 0 radical (unpaired) electrons. The van der Waals surface area contributed by atoms with E-state index in [9.17, 15) is 9.18 Å². The molecule has 0 unspecified atom stereocenters. The first-order chi connectivity index (χ1) is 11.2. The highest BCUT2D eigenvalue weighted by atomic mass is 32.1. The van der Waals surface area contributed by atoms with Crippen LogP contribution in [0.5, 0.6) is 0 Å². The first-order valence-corrected chi connectivity index (χ1v) is 8.48. The molecular formula is C17H19FN2O2S. The van der Waals surface area contributed by atoms with Crippen molar-refractivity contribution in [2.45, 2.75) is 6.04 Å². The van der Waals surface area contributed by atoms with Gasteiger partial charge in [0.15, 0.2) is 0 Å². The minimum atomic E-state index is -0.279. The lowest BCUT2D eigenvalue weighted by atomic mass is 10.1. The summed E-state index contributed by atoms with van der Waals surface area (Å²) in [5, 5.41) is 5.04. The number of morpholine rings is 1. The summed E-state index contributed by atoms with van der Waals surface area (Å²) in [5.41, 5.74) is 0.879. The fourth-order valence-corrected chi connectivity index (χ4v) is 3.40. The zero-order valence-electron chi connectivity index (χ0n) is 12.7.